The van der Waals surface area contributed by atoms with Crippen molar-refractivity contribution in [2.45, 2.75) is 38.1 Å². The number of hydrogen-bond acceptors (Lipinski definition) is 5. The number of nitrogens with one attached hydrogen (secondary N) is 1. The van der Waals surface area contributed by atoms with Crippen molar-refractivity contribution in [2.24, 2.45) is 5.92 Å². The van der Waals surface area contributed by atoms with Crippen LogP contribution in [0.25, 0.3) is 0 Å². The third kappa shape index (κ3) is 5.53. The van der Waals surface area contributed by atoms with E-state index in [4.69, 9.17) is 4.74 Å². The molecular weight excluding hydrogens is 374 g/mol. The number of likely N-dealkylation sites (tertiary alicyclic amines) is 1. The number of ether oxygens (including phenoxy) is 1. The highest BCUT2D eigenvalue weighted by atomic mass is 32.2. The molecule has 1 aliphatic heterocycles. The maximum Gasteiger partial charge on any atom is 0.240 e. The lowest BCUT2D eigenvalue weighted by Crippen LogP contribution is -2.38. The fourth-order valence-electron chi connectivity index (χ4n) is 3.49. The maximum atomic E-state index is 12.6. The van der Waals surface area contributed by atoms with Gasteiger partial charge >= 0.3 is 0 Å². The van der Waals surface area contributed by atoms with Gasteiger partial charge in [0.25, 0.3) is 0 Å². The Hall–Kier alpha value is -1.96. The number of benzene rings is 1. The van der Waals surface area contributed by atoms with Crippen LogP contribution >= 0.6 is 0 Å². The van der Waals surface area contributed by atoms with Gasteiger partial charge in [0.05, 0.1) is 17.2 Å². The molecule has 152 valence electrons. The summed E-state index contributed by atoms with van der Waals surface area (Å²) in [6, 6.07) is 11.0. The highest BCUT2D eigenvalue weighted by Gasteiger charge is 2.22. The summed E-state index contributed by atoms with van der Waals surface area (Å²) in [6.07, 6.45) is 3.79. The molecule has 1 N–H and O–H groups in total. The summed E-state index contributed by atoms with van der Waals surface area (Å²) in [7, 11) is -3.51. The minimum Gasteiger partial charge on any atom is -0.494 e. The van der Waals surface area contributed by atoms with E-state index in [0.717, 1.165) is 49.5 Å². The second kappa shape index (κ2) is 9.49. The molecule has 1 saturated heterocycles. The average Bonchev–Trinajstić information content (AvgIpc) is 2.70. The van der Waals surface area contributed by atoms with Gasteiger partial charge in [-0.05, 0) is 81.6 Å². The molecular formula is C21H29N3O3S. The molecule has 1 aromatic carbocycles. The Morgan fingerprint density at radius 2 is 2.00 bits per heavy atom. The van der Waals surface area contributed by atoms with E-state index < -0.39 is 10.0 Å². The molecule has 3 rings (SSSR count). The van der Waals surface area contributed by atoms with Crippen molar-refractivity contribution in [3.8, 4) is 5.75 Å². The van der Waals surface area contributed by atoms with Gasteiger partial charge < -0.3 is 4.74 Å². The van der Waals surface area contributed by atoms with Gasteiger partial charge in [0.15, 0.2) is 0 Å². The Kier molecular flexibility index (Phi) is 7.04. The molecule has 1 aliphatic rings. The summed E-state index contributed by atoms with van der Waals surface area (Å²) in [6.45, 7) is 7.59. The predicted molar refractivity (Wildman–Crippen MR) is 110 cm³/mol. The van der Waals surface area contributed by atoms with Gasteiger partial charge in [0, 0.05) is 19.3 Å². The number of rotatable bonds is 8. The third-order valence-corrected chi connectivity index (χ3v) is 6.56. The number of aromatic nitrogens is 1. The van der Waals surface area contributed by atoms with Gasteiger partial charge in [-0.1, -0.05) is 6.07 Å². The van der Waals surface area contributed by atoms with E-state index in [0.29, 0.717) is 24.0 Å². The minimum atomic E-state index is -3.51. The van der Waals surface area contributed by atoms with E-state index in [1.54, 1.807) is 18.2 Å². The van der Waals surface area contributed by atoms with Crippen LogP contribution in [0.1, 0.15) is 31.0 Å². The Morgan fingerprint density at radius 1 is 1.21 bits per heavy atom. The number of aryl methyl sites for hydroxylation is 1. The zero-order valence-corrected chi connectivity index (χ0v) is 17.4. The molecule has 0 unspecified atom stereocenters. The van der Waals surface area contributed by atoms with Crippen molar-refractivity contribution in [3.63, 3.8) is 0 Å². The number of pyridine rings is 1. The lowest BCUT2D eigenvalue weighted by Gasteiger charge is -2.31. The molecule has 28 heavy (non-hydrogen) atoms. The van der Waals surface area contributed by atoms with Crippen LogP contribution in [0.3, 0.4) is 0 Å². The third-order valence-electron chi connectivity index (χ3n) is 5.14. The van der Waals surface area contributed by atoms with Crippen molar-refractivity contribution < 1.29 is 13.2 Å². The largest absolute Gasteiger partial charge is 0.494 e. The van der Waals surface area contributed by atoms with E-state index in [1.165, 1.54) is 0 Å². The molecule has 0 aliphatic carbocycles. The first-order valence-corrected chi connectivity index (χ1v) is 11.3. The minimum absolute atomic E-state index is 0.293. The van der Waals surface area contributed by atoms with Gasteiger partial charge in [0.2, 0.25) is 10.0 Å². The first-order valence-electron chi connectivity index (χ1n) is 9.83. The first-order chi connectivity index (χ1) is 13.5. The molecule has 0 atom stereocenters. The standard InChI is InChI=1S/C21H29N3O3S/c1-3-27-21-8-7-20(14-17(21)2)28(25,26)23-15-18-9-12-24(13-10-18)16-19-6-4-5-11-22-19/h4-8,11,14,18,23H,3,9-10,12-13,15-16H2,1-2H3. The van der Waals surface area contributed by atoms with Crippen LogP contribution < -0.4 is 9.46 Å². The lowest BCUT2D eigenvalue weighted by molar-refractivity contribution is 0.177. The molecule has 1 aromatic heterocycles. The molecule has 0 amide bonds. The zero-order valence-electron chi connectivity index (χ0n) is 16.6. The molecule has 2 heterocycles. The van der Waals surface area contributed by atoms with Crippen LogP contribution in [-0.4, -0.2) is 44.5 Å². The SMILES string of the molecule is CCOc1ccc(S(=O)(=O)NCC2CCN(Cc3ccccn3)CC2)cc1C. The van der Waals surface area contributed by atoms with Crippen molar-refractivity contribution >= 4 is 10.0 Å². The van der Waals surface area contributed by atoms with Gasteiger partial charge in [-0.25, -0.2) is 13.1 Å². The fourth-order valence-corrected chi connectivity index (χ4v) is 4.69. The quantitative estimate of drug-likeness (QED) is 0.734. The number of piperidine rings is 1. The van der Waals surface area contributed by atoms with Crippen LogP contribution in [0.15, 0.2) is 47.5 Å². The highest BCUT2D eigenvalue weighted by molar-refractivity contribution is 7.89. The molecule has 6 nitrogen and oxygen atoms in total. The van der Waals surface area contributed by atoms with Crippen molar-refractivity contribution in [2.75, 3.05) is 26.2 Å². The number of nitrogens with zero attached hydrogens (tertiary/aromatic N) is 2. The Morgan fingerprint density at radius 3 is 2.64 bits per heavy atom. The Bertz CT molecular complexity index is 864. The highest BCUT2D eigenvalue weighted by Crippen LogP contribution is 2.23. The monoisotopic (exact) mass is 403 g/mol. The maximum absolute atomic E-state index is 12.6. The average molecular weight is 404 g/mol. The van der Waals surface area contributed by atoms with Crippen molar-refractivity contribution in [1.29, 1.82) is 0 Å². The van der Waals surface area contributed by atoms with E-state index in [-0.39, 0.29) is 0 Å². The summed E-state index contributed by atoms with van der Waals surface area (Å²) >= 11 is 0. The van der Waals surface area contributed by atoms with Crippen LogP contribution in [-0.2, 0) is 16.6 Å². The predicted octanol–water partition coefficient (Wildman–Crippen LogP) is 2.98. The van der Waals surface area contributed by atoms with E-state index in [2.05, 4.69) is 14.6 Å². The van der Waals surface area contributed by atoms with Crippen LogP contribution in [0.5, 0.6) is 5.75 Å². The molecule has 0 saturated carbocycles. The van der Waals surface area contributed by atoms with Gasteiger partial charge in [-0.2, -0.15) is 0 Å². The summed E-state index contributed by atoms with van der Waals surface area (Å²) in [5.74, 6) is 1.08. The van der Waals surface area contributed by atoms with Crippen LogP contribution in [0.2, 0.25) is 0 Å². The van der Waals surface area contributed by atoms with E-state index in [9.17, 15) is 8.42 Å². The molecule has 1 fully saturated rings. The first kappa shape index (κ1) is 20.8. The summed E-state index contributed by atoms with van der Waals surface area (Å²) in [4.78, 5) is 7.05. The van der Waals surface area contributed by atoms with E-state index >= 15 is 0 Å². The van der Waals surface area contributed by atoms with E-state index in [1.807, 2.05) is 38.2 Å². The second-order valence-electron chi connectivity index (χ2n) is 7.25. The summed E-state index contributed by atoms with van der Waals surface area (Å²) < 4.78 is 33.5. The van der Waals surface area contributed by atoms with Gasteiger partial charge in [-0.15, -0.1) is 0 Å². The van der Waals surface area contributed by atoms with Crippen molar-refractivity contribution in [1.82, 2.24) is 14.6 Å². The van der Waals surface area contributed by atoms with Crippen LogP contribution in [0, 0.1) is 12.8 Å². The smallest absolute Gasteiger partial charge is 0.240 e. The molecule has 0 spiro atoms. The topological polar surface area (TPSA) is 71.5 Å². The molecule has 0 bridgehead atoms. The molecule has 7 heteroatoms. The van der Waals surface area contributed by atoms with Crippen LogP contribution in [0.4, 0.5) is 0 Å². The van der Waals surface area contributed by atoms with Crippen molar-refractivity contribution in [3.05, 3.63) is 53.9 Å². The summed E-state index contributed by atoms with van der Waals surface area (Å²) in [5.41, 5.74) is 1.90. The Balaban J connectivity index is 1.49. The zero-order chi connectivity index (χ0) is 20.0. The van der Waals surface area contributed by atoms with Gasteiger partial charge in [0.1, 0.15) is 5.75 Å². The lowest BCUT2D eigenvalue weighted by atomic mass is 9.97. The number of hydrogen-bond donors (Lipinski definition) is 1. The Labute approximate surface area is 168 Å². The fraction of sp³-hybridized carbons (Fsp3) is 0.476. The summed E-state index contributed by atoms with van der Waals surface area (Å²) in [5, 5.41) is 0. The number of sulfonamides is 1. The second-order valence-corrected chi connectivity index (χ2v) is 9.02. The molecule has 2 aromatic rings. The molecule has 0 radical (unpaired) electrons. The van der Waals surface area contributed by atoms with Gasteiger partial charge in [-0.3, -0.25) is 9.88 Å². The normalized spacial score (nSPS) is 16.2.